The number of amides is 1. The van der Waals surface area contributed by atoms with E-state index in [9.17, 15) is 4.79 Å². The fourth-order valence-corrected chi connectivity index (χ4v) is 1.65. The van der Waals surface area contributed by atoms with E-state index in [-0.39, 0.29) is 11.7 Å². The van der Waals surface area contributed by atoms with Gasteiger partial charge in [0.25, 0.3) is 0 Å². The fraction of sp³-hybridized carbons (Fsp3) is 0.545. The molecule has 0 spiro atoms. The Morgan fingerprint density at radius 3 is 3.00 bits per heavy atom. The first kappa shape index (κ1) is 12.9. The van der Waals surface area contributed by atoms with Gasteiger partial charge in [0.2, 0.25) is 5.91 Å². The van der Waals surface area contributed by atoms with Crippen molar-refractivity contribution in [3.8, 4) is 0 Å². The van der Waals surface area contributed by atoms with Crippen molar-refractivity contribution in [3.05, 3.63) is 11.3 Å². The maximum Gasteiger partial charge on any atom is 0.220 e. The zero-order chi connectivity index (χ0) is 13.0. The minimum atomic E-state index is 0.104. The van der Waals surface area contributed by atoms with Crippen LogP contribution in [0.5, 0.6) is 0 Å². The Hall–Kier alpha value is -1.56. The number of hydrogen-bond acceptors (Lipinski definition) is 5. The minimum absolute atomic E-state index is 0.104. The summed E-state index contributed by atoms with van der Waals surface area (Å²) in [5, 5.41) is 6.29. The average Bonchev–Trinajstić information content (AvgIpc) is 3.13. The van der Waals surface area contributed by atoms with Crippen molar-refractivity contribution in [3.63, 3.8) is 0 Å². The van der Waals surface area contributed by atoms with Crippen LogP contribution in [-0.2, 0) is 4.79 Å². The van der Waals surface area contributed by atoms with Crippen molar-refractivity contribution in [2.45, 2.75) is 31.7 Å². The van der Waals surface area contributed by atoms with Gasteiger partial charge < -0.3 is 16.4 Å². The van der Waals surface area contributed by atoms with Crippen LogP contribution in [0.2, 0.25) is 5.02 Å². The lowest BCUT2D eigenvalue weighted by Crippen LogP contribution is -2.25. The third-order valence-corrected chi connectivity index (χ3v) is 3.00. The van der Waals surface area contributed by atoms with Crippen molar-refractivity contribution in [2.24, 2.45) is 0 Å². The van der Waals surface area contributed by atoms with E-state index in [2.05, 4.69) is 20.6 Å². The summed E-state index contributed by atoms with van der Waals surface area (Å²) in [4.78, 5) is 19.2. The molecule has 0 bridgehead atoms. The highest BCUT2D eigenvalue weighted by molar-refractivity contribution is 6.35. The number of nitrogen functional groups attached to an aromatic ring is 1. The second kappa shape index (κ2) is 5.86. The molecule has 1 fully saturated rings. The molecule has 1 aromatic rings. The fourth-order valence-electron chi connectivity index (χ4n) is 1.49. The van der Waals surface area contributed by atoms with Crippen LogP contribution in [0.1, 0.15) is 25.7 Å². The molecule has 0 radical (unpaired) electrons. The quantitative estimate of drug-likeness (QED) is 0.675. The Bertz CT molecular complexity index is 435. The van der Waals surface area contributed by atoms with Crippen molar-refractivity contribution < 1.29 is 4.79 Å². The van der Waals surface area contributed by atoms with Crippen LogP contribution in [-0.4, -0.2) is 28.5 Å². The van der Waals surface area contributed by atoms with Crippen molar-refractivity contribution in [1.29, 1.82) is 0 Å². The van der Waals surface area contributed by atoms with Crippen molar-refractivity contribution in [1.82, 2.24) is 15.3 Å². The summed E-state index contributed by atoms with van der Waals surface area (Å²) in [6.45, 7) is 0.619. The second-order valence-corrected chi connectivity index (χ2v) is 4.67. The van der Waals surface area contributed by atoms with Crippen LogP contribution in [0.25, 0.3) is 0 Å². The van der Waals surface area contributed by atoms with Crippen LogP contribution in [0.4, 0.5) is 11.6 Å². The molecule has 1 aliphatic carbocycles. The highest BCUT2D eigenvalue weighted by atomic mass is 35.5. The number of nitrogens with two attached hydrogens (primary N) is 1. The van der Waals surface area contributed by atoms with Gasteiger partial charge in [0, 0.05) is 19.0 Å². The monoisotopic (exact) mass is 269 g/mol. The smallest absolute Gasteiger partial charge is 0.220 e. The molecule has 0 atom stereocenters. The standard InChI is InChI=1S/C11H16ClN5O/c12-9-10(13)15-6-16-11(9)14-5-1-2-8(18)17-7-3-4-7/h6-7H,1-5H2,(H,17,18)(H3,13,14,15,16). The molecule has 7 heteroatoms. The molecule has 4 N–H and O–H groups in total. The van der Waals surface area contributed by atoms with E-state index in [0.29, 0.717) is 29.8 Å². The SMILES string of the molecule is Nc1ncnc(NCCCC(=O)NC2CC2)c1Cl. The number of nitrogens with zero attached hydrogens (tertiary/aromatic N) is 2. The number of aromatic nitrogens is 2. The van der Waals surface area contributed by atoms with Gasteiger partial charge in [-0.15, -0.1) is 0 Å². The lowest BCUT2D eigenvalue weighted by Gasteiger charge is -2.08. The highest BCUT2D eigenvalue weighted by Crippen LogP contribution is 2.23. The largest absolute Gasteiger partial charge is 0.382 e. The summed E-state index contributed by atoms with van der Waals surface area (Å²) >= 11 is 5.92. The van der Waals surface area contributed by atoms with Gasteiger partial charge in [-0.05, 0) is 19.3 Å². The number of halogens is 1. The molecule has 1 aromatic heterocycles. The van der Waals surface area contributed by atoms with Gasteiger partial charge in [0.1, 0.15) is 23.0 Å². The Balaban J connectivity index is 1.68. The molecule has 1 aliphatic rings. The van der Waals surface area contributed by atoms with E-state index in [0.717, 1.165) is 19.3 Å². The molecular formula is C11H16ClN5O. The van der Waals surface area contributed by atoms with Gasteiger partial charge >= 0.3 is 0 Å². The average molecular weight is 270 g/mol. The summed E-state index contributed by atoms with van der Waals surface area (Å²) < 4.78 is 0. The summed E-state index contributed by atoms with van der Waals surface area (Å²) in [5.41, 5.74) is 5.55. The molecule has 98 valence electrons. The summed E-state index contributed by atoms with van der Waals surface area (Å²) in [7, 11) is 0. The van der Waals surface area contributed by atoms with Crippen molar-refractivity contribution in [2.75, 3.05) is 17.6 Å². The molecule has 1 heterocycles. The van der Waals surface area contributed by atoms with Crippen LogP contribution in [0, 0.1) is 0 Å². The predicted molar refractivity (Wildman–Crippen MR) is 70.3 cm³/mol. The first-order chi connectivity index (χ1) is 8.66. The Labute approximate surface area is 110 Å². The van der Waals surface area contributed by atoms with E-state index in [1.807, 2.05) is 0 Å². The highest BCUT2D eigenvalue weighted by Gasteiger charge is 2.22. The van der Waals surface area contributed by atoms with Crippen molar-refractivity contribution >= 4 is 29.1 Å². The number of carbonyl (C=O) groups is 1. The number of nitrogens with one attached hydrogen (secondary N) is 2. The first-order valence-electron chi connectivity index (χ1n) is 5.96. The summed E-state index contributed by atoms with van der Waals surface area (Å²) in [6, 6.07) is 0.418. The Morgan fingerprint density at radius 1 is 1.50 bits per heavy atom. The molecule has 0 aromatic carbocycles. The summed E-state index contributed by atoms with van der Waals surface area (Å²) in [5.74, 6) is 0.861. The minimum Gasteiger partial charge on any atom is -0.382 e. The first-order valence-corrected chi connectivity index (χ1v) is 6.34. The second-order valence-electron chi connectivity index (χ2n) is 4.29. The van der Waals surface area contributed by atoms with Gasteiger partial charge in [-0.2, -0.15) is 0 Å². The van der Waals surface area contributed by atoms with E-state index < -0.39 is 0 Å². The lowest BCUT2D eigenvalue weighted by atomic mass is 10.3. The molecule has 0 aliphatic heterocycles. The molecule has 0 unspecified atom stereocenters. The van der Waals surface area contributed by atoms with Crippen LogP contribution >= 0.6 is 11.6 Å². The number of hydrogen-bond donors (Lipinski definition) is 3. The molecule has 0 saturated heterocycles. The van der Waals surface area contributed by atoms with Crippen LogP contribution in [0.3, 0.4) is 0 Å². The number of carbonyl (C=O) groups excluding carboxylic acids is 1. The normalized spacial score (nSPS) is 14.3. The zero-order valence-corrected chi connectivity index (χ0v) is 10.7. The van der Waals surface area contributed by atoms with E-state index in [1.165, 1.54) is 6.33 Å². The topological polar surface area (TPSA) is 92.9 Å². The van der Waals surface area contributed by atoms with Crippen LogP contribution < -0.4 is 16.4 Å². The third-order valence-electron chi connectivity index (χ3n) is 2.63. The third kappa shape index (κ3) is 3.73. The number of anilines is 2. The Kier molecular flexibility index (Phi) is 4.19. The molecule has 1 amide bonds. The summed E-state index contributed by atoms with van der Waals surface area (Å²) in [6.07, 6.45) is 4.80. The predicted octanol–water partition coefficient (Wildman–Crippen LogP) is 1.18. The van der Waals surface area contributed by atoms with Gasteiger partial charge in [-0.25, -0.2) is 9.97 Å². The van der Waals surface area contributed by atoms with Gasteiger partial charge in [-0.1, -0.05) is 11.6 Å². The maximum atomic E-state index is 11.4. The Morgan fingerprint density at radius 2 is 2.28 bits per heavy atom. The molecule has 6 nitrogen and oxygen atoms in total. The molecule has 18 heavy (non-hydrogen) atoms. The molecule has 1 saturated carbocycles. The lowest BCUT2D eigenvalue weighted by molar-refractivity contribution is -0.121. The van der Waals surface area contributed by atoms with E-state index in [4.69, 9.17) is 17.3 Å². The van der Waals surface area contributed by atoms with Gasteiger partial charge in [-0.3, -0.25) is 4.79 Å². The number of rotatable bonds is 6. The van der Waals surface area contributed by atoms with E-state index in [1.54, 1.807) is 0 Å². The maximum absolute atomic E-state index is 11.4. The van der Waals surface area contributed by atoms with E-state index >= 15 is 0 Å². The molecular weight excluding hydrogens is 254 g/mol. The van der Waals surface area contributed by atoms with Gasteiger partial charge in [0.15, 0.2) is 0 Å². The molecule has 2 rings (SSSR count). The van der Waals surface area contributed by atoms with Crippen LogP contribution in [0.15, 0.2) is 6.33 Å². The zero-order valence-electron chi connectivity index (χ0n) is 9.95. The van der Waals surface area contributed by atoms with Gasteiger partial charge in [0.05, 0.1) is 0 Å².